The minimum Gasteiger partial charge on any atom is -0.338 e. The van der Waals surface area contributed by atoms with Gasteiger partial charge in [-0.15, -0.1) is 0 Å². The number of anilines is 1. The average Bonchev–Trinajstić information content (AvgIpc) is 2.49. The smallest absolute Gasteiger partial charge is 0.225 e. The summed E-state index contributed by atoms with van der Waals surface area (Å²) in [5.74, 6) is 0.791. The van der Waals surface area contributed by atoms with Gasteiger partial charge in [0.25, 0.3) is 0 Å². The summed E-state index contributed by atoms with van der Waals surface area (Å²) in [4.78, 5) is 15.5. The van der Waals surface area contributed by atoms with Crippen molar-refractivity contribution in [3.05, 3.63) is 36.7 Å². The van der Waals surface area contributed by atoms with Crippen molar-refractivity contribution >= 4 is 5.95 Å². The predicted octanol–water partition coefficient (Wildman–Crippen LogP) is 0.948. The number of hydrogen-bond acceptors (Lipinski definition) is 5. The van der Waals surface area contributed by atoms with Gasteiger partial charge in [0.1, 0.15) is 0 Å². The number of hydrogen-bond donors (Lipinski definition) is 1. The number of nitrogens with zero attached hydrogens (tertiary/aromatic N) is 4. The highest BCUT2D eigenvalue weighted by Gasteiger charge is 2.13. The Kier molecular flexibility index (Phi) is 3.14. The Morgan fingerprint density at radius 3 is 2.61 bits per heavy atom. The average molecular weight is 241 g/mol. The van der Waals surface area contributed by atoms with Crippen molar-refractivity contribution in [2.75, 3.05) is 31.1 Å². The Labute approximate surface area is 106 Å². The van der Waals surface area contributed by atoms with Crippen molar-refractivity contribution in [1.29, 1.82) is 0 Å². The second-order valence-corrected chi connectivity index (χ2v) is 4.19. The SMILES string of the molecule is c1ccc(-c2ccnc(N3CCNCC3)n2)nc1. The molecule has 0 bridgehead atoms. The highest BCUT2D eigenvalue weighted by atomic mass is 15.3. The van der Waals surface area contributed by atoms with Crippen LogP contribution in [-0.2, 0) is 0 Å². The highest BCUT2D eigenvalue weighted by molar-refractivity contribution is 5.55. The van der Waals surface area contributed by atoms with E-state index < -0.39 is 0 Å². The third-order valence-electron chi connectivity index (χ3n) is 2.97. The lowest BCUT2D eigenvalue weighted by molar-refractivity contribution is 0.580. The van der Waals surface area contributed by atoms with Crippen molar-refractivity contribution in [3.8, 4) is 11.4 Å². The predicted molar refractivity (Wildman–Crippen MR) is 70.3 cm³/mol. The monoisotopic (exact) mass is 241 g/mol. The van der Waals surface area contributed by atoms with Crippen LogP contribution < -0.4 is 10.2 Å². The van der Waals surface area contributed by atoms with Gasteiger partial charge in [0.2, 0.25) is 5.95 Å². The Bertz CT molecular complexity index is 508. The molecular weight excluding hydrogens is 226 g/mol. The van der Waals surface area contributed by atoms with Gasteiger partial charge in [0, 0.05) is 38.6 Å². The molecule has 0 aliphatic carbocycles. The molecule has 0 atom stereocenters. The lowest BCUT2D eigenvalue weighted by atomic mass is 10.2. The van der Waals surface area contributed by atoms with E-state index in [9.17, 15) is 0 Å². The van der Waals surface area contributed by atoms with Gasteiger partial charge in [-0.3, -0.25) is 4.98 Å². The van der Waals surface area contributed by atoms with E-state index in [-0.39, 0.29) is 0 Å². The normalized spacial score (nSPS) is 15.7. The molecule has 0 spiro atoms. The van der Waals surface area contributed by atoms with Crippen LogP contribution in [0.5, 0.6) is 0 Å². The van der Waals surface area contributed by atoms with Gasteiger partial charge < -0.3 is 10.2 Å². The van der Waals surface area contributed by atoms with Crippen LogP contribution in [-0.4, -0.2) is 41.1 Å². The summed E-state index contributed by atoms with van der Waals surface area (Å²) in [6, 6.07) is 7.73. The van der Waals surface area contributed by atoms with E-state index in [1.165, 1.54) is 0 Å². The first-order valence-electron chi connectivity index (χ1n) is 6.13. The van der Waals surface area contributed by atoms with Crippen LogP contribution >= 0.6 is 0 Å². The molecule has 1 aliphatic rings. The first kappa shape index (κ1) is 11.1. The summed E-state index contributed by atoms with van der Waals surface area (Å²) in [6.45, 7) is 3.87. The van der Waals surface area contributed by atoms with Crippen molar-refractivity contribution < 1.29 is 0 Å². The zero-order valence-electron chi connectivity index (χ0n) is 10.1. The van der Waals surface area contributed by atoms with E-state index in [2.05, 4.69) is 25.2 Å². The zero-order chi connectivity index (χ0) is 12.2. The van der Waals surface area contributed by atoms with Crippen LogP contribution in [0.2, 0.25) is 0 Å². The molecule has 1 aliphatic heterocycles. The van der Waals surface area contributed by atoms with Crippen LogP contribution in [0.15, 0.2) is 36.7 Å². The van der Waals surface area contributed by atoms with Crippen molar-refractivity contribution in [1.82, 2.24) is 20.3 Å². The fourth-order valence-electron chi connectivity index (χ4n) is 2.02. The summed E-state index contributed by atoms with van der Waals surface area (Å²) in [5, 5.41) is 3.32. The minimum absolute atomic E-state index is 0.791. The maximum Gasteiger partial charge on any atom is 0.225 e. The molecule has 0 unspecified atom stereocenters. The van der Waals surface area contributed by atoms with E-state index in [0.717, 1.165) is 43.5 Å². The molecule has 5 heteroatoms. The molecule has 0 aromatic carbocycles. The molecule has 1 N–H and O–H groups in total. The third-order valence-corrected chi connectivity index (χ3v) is 2.97. The minimum atomic E-state index is 0.791. The molecule has 0 saturated carbocycles. The van der Waals surface area contributed by atoms with E-state index in [0.29, 0.717) is 0 Å². The molecule has 1 fully saturated rings. The molecule has 2 aromatic heterocycles. The van der Waals surface area contributed by atoms with Gasteiger partial charge in [0.05, 0.1) is 11.4 Å². The first-order valence-corrected chi connectivity index (χ1v) is 6.13. The second-order valence-electron chi connectivity index (χ2n) is 4.19. The maximum atomic E-state index is 4.59. The van der Waals surface area contributed by atoms with Gasteiger partial charge in [-0.05, 0) is 18.2 Å². The summed E-state index contributed by atoms with van der Waals surface area (Å²) in [7, 11) is 0. The standard InChI is InChI=1S/C13H15N5/c1-2-5-15-11(3-1)12-4-6-16-13(17-12)18-9-7-14-8-10-18/h1-6,14H,7-10H2. The maximum absolute atomic E-state index is 4.59. The summed E-state index contributed by atoms with van der Waals surface area (Å²) in [5.41, 5.74) is 1.76. The number of aromatic nitrogens is 3. The van der Waals surface area contributed by atoms with Crippen LogP contribution in [0, 0.1) is 0 Å². The molecule has 3 heterocycles. The van der Waals surface area contributed by atoms with E-state index in [4.69, 9.17) is 0 Å². The summed E-state index contributed by atoms with van der Waals surface area (Å²) in [6.07, 6.45) is 3.58. The fraction of sp³-hybridized carbons (Fsp3) is 0.308. The van der Waals surface area contributed by atoms with E-state index >= 15 is 0 Å². The molecule has 3 rings (SSSR count). The van der Waals surface area contributed by atoms with Gasteiger partial charge >= 0.3 is 0 Å². The fourth-order valence-corrected chi connectivity index (χ4v) is 2.02. The highest BCUT2D eigenvalue weighted by Crippen LogP contribution is 2.16. The largest absolute Gasteiger partial charge is 0.338 e. The molecule has 5 nitrogen and oxygen atoms in total. The Morgan fingerprint density at radius 1 is 0.944 bits per heavy atom. The van der Waals surface area contributed by atoms with Gasteiger partial charge in [0.15, 0.2) is 0 Å². The van der Waals surface area contributed by atoms with Crippen LogP contribution in [0.25, 0.3) is 11.4 Å². The van der Waals surface area contributed by atoms with E-state index in [1.54, 1.807) is 12.4 Å². The second kappa shape index (κ2) is 5.10. The van der Waals surface area contributed by atoms with Gasteiger partial charge in [-0.25, -0.2) is 9.97 Å². The molecule has 18 heavy (non-hydrogen) atoms. The summed E-state index contributed by atoms with van der Waals surface area (Å²) >= 11 is 0. The van der Waals surface area contributed by atoms with Crippen LogP contribution in [0.4, 0.5) is 5.95 Å². The molecule has 2 aromatic rings. The quantitative estimate of drug-likeness (QED) is 0.848. The Balaban J connectivity index is 1.89. The molecule has 1 saturated heterocycles. The number of pyridine rings is 1. The lowest BCUT2D eigenvalue weighted by Gasteiger charge is -2.27. The number of rotatable bonds is 2. The number of nitrogens with one attached hydrogen (secondary N) is 1. The van der Waals surface area contributed by atoms with E-state index in [1.807, 2.05) is 24.3 Å². The Morgan fingerprint density at radius 2 is 1.83 bits per heavy atom. The van der Waals surface area contributed by atoms with Gasteiger partial charge in [-0.2, -0.15) is 0 Å². The van der Waals surface area contributed by atoms with Crippen molar-refractivity contribution in [3.63, 3.8) is 0 Å². The van der Waals surface area contributed by atoms with Crippen molar-refractivity contribution in [2.45, 2.75) is 0 Å². The number of piperazine rings is 1. The molecule has 0 amide bonds. The molecular formula is C13H15N5. The van der Waals surface area contributed by atoms with Crippen LogP contribution in [0.1, 0.15) is 0 Å². The zero-order valence-corrected chi connectivity index (χ0v) is 10.1. The van der Waals surface area contributed by atoms with Crippen molar-refractivity contribution in [2.24, 2.45) is 0 Å². The topological polar surface area (TPSA) is 53.9 Å². The molecule has 0 radical (unpaired) electrons. The Hall–Kier alpha value is -2.01. The summed E-state index contributed by atoms with van der Waals surface area (Å²) < 4.78 is 0. The molecule has 92 valence electrons. The van der Waals surface area contributed by atoms with Crippen LogP contribution in [0.3, 0.4) is 0 Å². The lowest BCUT2D eigenvalue weighted by Crippen LogP contribution is -2.44. The third kappa shape index (κ3) is 2.31. The van der Waals surface area contributed by atoms with Gasteiger partial charge in [-0.1, -0.05) is 6.07 Å². The first-order chi connectivity index (χ1) is 8.93.